The van der Waals surface area contributed by atoms with Crippen molar-refractivity contribution in [2.24, 2.45) is 0 Å². The number of carbonyl (C=O) groups is 1. The number of pyridine rings is 1. The van der Waals surface area contributed by atoms with Crippen molar-refractivity contribution in [1.82, 2.24) is 15.5 Å². The van der Waals surface area contributed by atoms with Crippen molar-refractivity contribution in [3.8, 4) is 5.88 Å². The molecule has 0 atom stereocenters. The Balaban J connectivity index is 2.18. The van der Waals surface area contributed by atoms with Gasteiger partial charge in [-0.15, -0.1) is 0 Å². The zero-order valence-corrected chi connectivity index (χ0v) is 13.1. The maximum atomic E-state index is 12.2. The minimum atomic E-state index is -0.414. The predicted octanol–water partition coefficient (Wildman–Crippen LogP) is 1.43. The van der Waals surface area contributed by atoms with Gasteiger partial charge in [0.1, 0.15) is 5.76 Å². The fraction of sp³-hybridized carbons (Fsp3) is 0.400. The second-order valence-corrected chi connectivity index (χ2v) is 4.98. The number of ether oxygens (including phenoxy) is 1. The molecule has 2 N–H and O–H groups in total. The van der Waals surface area contributed by atoms with E-state index in [4.69, 9.17) is 9.26 Å². The Hall–Kier alpha value is -2.41. The topological polar surface area (TPSA) is 97.5 Å². The molecule has 0 aliphatic heterocycles. The lowest BCUT2D eigenvalue weighted by atomic mass is 10.1. The van der Waals surface area contributed by atoms with Gasteiger partial charge in [-0.05, 0) is 32.4 Å². The minimum absolute atomic E-state index is 0.0942. The van der Waals surface area contributed by atoms with Crippen LogP contribution in [0.15, 0.2) is 10.6 Å². The molecule has 22 heavy (non-hydrogen) atoms. The molecule has 0 spiro atoms. The van der Waals surface area contributed by atoms with Crippen molar-refractivity contribution in [3.05, 3.63) is 39.9 Å². The number of hydrogen-bond donors (Lipinski definition) is 2. The molecule has 2 aromatic rings. The van der Waals surface area contributed by atoms with Crippen LogP contribution in [-0.4, -0.2) is 28.3 Å². The number of aliphatic hydroxyl groups excluding tert-OH is 1. The summed E-state index contributed by atoms with van der Waals surface area (Å²) in [6.45, 7) is 5.40. The first-order chi connectivity index (χ1) is 10.5. The van der Waals surface area contributed by atoms with E-state index in [2.05, 4.69) is 15.5 Å². The van der Waals surface area contributed by atoms with Gasteiger partial charge in [-0.3, -0.25) is 4.79 Å². The molecule has 2 rings (SSSR count). The summed E-state index contributed by atoms with van der Waals surface area (Å²) in [6.07, 6.45) is 0. The largest absolute Gasteiger partial charge is 0.481 e. The van der Waals surface area contributed by atoms with Gasteiger partial charge in [-0.25, -0.2) is 4.98 Å². The van der Waals surface area contributed by atoms with Gasteiger partial charge in [0.2, 0.25) is 5.88 Å². The normalized spacial score (nSPS) is 10.6. The second-order valence-electron chi connectivity index (χ2n) is 4.98. The number of nitrogens with zero attached hydrogens (tertiary/aromatic N) is 2. The molecular weight excluding hydrogens is 286 g/mol. The highest BCUT2D eigenvalue weighted by Gasteiger charge is 2.19. The van der Waals surface area contributed by atoms with Gasteiger partial charge in [0.25, 0.3) is 5.91 Å². The molecule has 118 valence electrons. The molecule has 0 aliphatic carbocycles. The van der Waals surface area contributed by atoms with Gasteiger partial charge in [0, 0.05) is 17.8 Å². The van der Waals surface area contributed by atoms with Crippen molar-refractivity contribution >= 4 is 5.91 Å². The predicted molar refractivity (Wildman–Crippen MR) is 78.6 cm³/mol. The van der Waals surface area contributed by atoms with Crippen LogP contribution >= 0.6 is 0 Å². The molecule has 2 aromatic heterocycles. The fourth-order valence-electron chi connectivity index (χ4n) is 2.22. The van der Waals surface area contributed by atoms with Gasteiger partial charge in [-0.2, -0.15) is 0 Å². The molecule has 0 saturated heterocycles. The van der Waals surface area contributed by atoms with Gasteiger partial charge < -0.3 is 19.7 Å². The number of rotatable bonds is 5. The average Bonchev–Trinajstić information content (AvgIpc) is 2.86. The molecule has 7 nitrogen and oxygen atoms in total. The van der Waals surface area contributed by atoms with Gasteiger partial charge in [0.05, 0.1) is 19.3 Å². The smallest absolute Gasteiger partial charge is 0.274 e. The summed E-state index contributed by atoms with van der Waals surface area (Å²) in [5.74, 6) is 0.498. The van der Waals surface area contributed by atoms with Crippen molar-refractivity contribution in [3.63, 3.8) is 0 Å². The number of aryl methyl sites for hydroxylation is 3. The van der Waals surface area contributed by atoms with Crippen molar-refractivity contribution in [2.45, 2.75) is 33.9 Å². The summed E-state index contributed by atoms with van der Waals surface area (Å²) in [7, 11) is 1.54. The number of hydrogen-bond acceptors (Lipinski definition) is 6. The molecule has 0 bridgehead atoms. The molecule has 0 fully saturated rings. The summed E-state index contributed by atoms with van der Waals surface area (Å²) in [6, 6.07) is 1.92. The molecular formula is C15H19N3O4. The van der Waals surface area contributed by atoms with Crippen LogP contribution in [0.1, 0.15) is 38.6 Å². The molecule has 0 saturated carbocycles. The molecule has 0 radical (unpaired) electrons. The Morgan fingerprint density at radius 2 is 2.09 bits per heavy atom. The van der Waals surface area contributed by atoms with E-state index < -0.39 is 5.91 Å². The third kappa shape index (κ3) is 3.09. The van der Waals surface area contributed by atoms with Gasteiger partial charge >= 0.3 is 0 Å². The number of nitrogens with one attached hydrogen (secondary N) is 1. The molecule has 7 heteroatoms. The summed E-state index contributed by atoms with van der Waals surface area (Å²) in [5, 5.41) is 15.7. The van der Waals surface area contributed by atoms with Crippen LogP contribution in [0.4, 0.5) is 0 Å². The fourth-order valence-corrected chi connectivity index (χ4v) is 2.22. The van der Waals surface area contributed by atoms with E-state index in [0.29, 0.717) is 17.2 Å². The first-order valence-electron chi connectivity index (χ1n) is 6.83. The SMILES string of the molecule is COc1nc(C)cc(C)c1CNC(=O)c1noc(C)c1CO. The maximum Gasteiger partial charge on any atom is 0.274 e. The Kier molecular flexibility index (Phi) is 4.77. The van der Waals surface area contributed by atoms with Crippen molar-refractivity contribution < 1.29 is 19.2 Å². The summed E-state index contributed by atoms with van der Waals surface area (Å²) in [4.78, 5) is 16.5. The quantitative estimate of drug-likeness (QED) is 0.867. The Labute approximate surface area is 128 Å². The standard InChI is InChI=1S/C15H19N3O4/c1-8-5-9(2)17-15(21-4)11(8)6-16-14(20)13-12(7-19)10(3)22-18-13/h5,19H,6-7H2,1-4H3,(H,16,20). The average molecular weight is 305 g/mol. The zero-order valence-electron chi connectivity index (χ0n) is 13.1. The van der Waals surface area contributed by atoms with E-state index in [0.717, 1.165) is 16.8 Å². The van der Waals surface area contributed by atoms with Crippen LogP contribution < -0.4 is 10.1 Å². The summed E-state index contributed by atoms with van der Waals surface area (Å²) in [5.41, 5.74) is 3.11. The molecule has 2 heterocycles. The van der Waals surface area contributed by atoms with Gasteiger partial charge in [-0.1, -0.05) is 5.16 Å². The first kappa shape index (κ1) is 16.0. The zero-order chi connectivity index (χ0) is 16.3. The van der Waals surface area contributed by atoms with Crippen LogP contribution in [0.5, 0.6) is 5.88 Å². The molecule has 1 amide bonds. The lowest BCUT2D eigenvalue weighted by Crippen LogP contribution is -2.25. The van der Waals surface area contributed by atoms with E-state index >= 15 is 0 Å². The molecule has 0 unspecified atom stereocenters. The number of methoxy groups -OCH3 is 1. The minimum Gasteiger partial charge on any atom is -0.481 e. The molecule has 0 aromatic carbocycles. The highest BCUT2D eigenvalue weighted by Crippen LogP contribution is 2.21. The van der Waals surface area contributed by atoms with Crippen LogP contribution in [0, 0.1) is 20.8 Å². The second kappa shape index (κ2) is 6.57. The lowest BCUT2D eigenvalue weighted by Gasteiger charge is -2.12. The Morgan fingerprint density at radius 1 is 1.36 bits per heavy atom. The first-order valence-corrected chi connectivity index (χ1v) is 6.83. The van der Waals surface area contributed by atoms with Crippen LogP contribution in [0.2, 0.25) is 0 Å². The highest BCUT2D eigenvalue weighted by molar-refractivity contribution is 5.93. The molecule has 0 aliphatic rings. The summed E-state index contributed by atoms with van der Waals surface area (Å²) < 4.78 is 10.2. The highest BCUT2D eigenvalue weighted by atomic mass is 16.5. The number of amides is 1. The summed E-state index contributed by atoms with van der Waals surface area (Å²) >= 11 is 0. The van der Waals surface area contributed by atoms with Crippen molar-refractivity contribution in [1.29, 1.82) is 0 Å². The van der Waals surface area contributed by atoms with Crippen LogP contribution in [0.3, 0.4) is 0 Å². The van der Waals surface area contributed by atoms with Crippen LogP contribution in [-0.2, 0) is 13.2 Å². The monoisotopic (exact) mass is 305 g/mol. The van der Waals surface area contributed by atoms with E-state index in [-0.39, 0.29) is 18.8 Å². The van der Waals surface area contributed by atoms with Crippen LogP contribution in [0.25, 0.3) is 0 Å². The van der Waals surface area contributed by atoms with E-state index in [1.807, 2.05) is 19.9 Å². The van der Waals surface area contributed by atoms with E-state index in [1.54, 1.807) is 6.92 Å². The third-order valence-corrected chi connectivity index (χ3v) is 3.41. The lowest BCUT2D eigenvalue weighted by molar-refractivity contribution is 0.0939. The number of aliphatic hydroxyl groups is 1. The maximum absolute atomic E-state index is 12.2. The number of carbonyl (C=O) groups excluding carboxylic acids is 1. The van der Waals surface area contributed by atoms with E-state index in [1.165, 1.54) is 7.11 Å². The Morgan fingerprint density at radius 3 is 2.73 bits per heavy atom. The number of aromatic nitrogens is 2. The third-order valence-electron chi connectivity index (χ3n) is 3.41. The van der Waals surface area contributed by atoms with E-state index in [9.17, 15) is 9.90 Å². The van der Waals surface area contributed by atoms with Crippen molar-refractivity contribution in [2.75, 3.05) is 7.11 Å². The Bertz CT molecular complexity index is 694. The van der Waals surface area contributed by atoms with Gasteiger partial charge in [0.15, 0.2) is 5.69 Å².